The van der Waals surface area contributed by atoms with Crippen LogP contribution >= 0.6 is 22.9 Å². The molecule has 20 heavy (non-hydrogen) atoms. The lowest BCUT2D eigenvalue weighted by atomic mass is 10.2. The van der Waals surface area contributed by atoms with E-state index in [2.05, 4.69) is 5.10 Å². The zero-order valence-corrected chi connectivity index (χ0v) is 13.1. The lowest BCUT2D eigenvalue weighted by Gasteiger charge is -2.01. The smallest absolute Gasteiger partial charge is 0.153 e. The van der Waals surface area contributed by atoms with Crippen LogP contribution in [0.1, 0.15) is 17.3 Å². The van der Waals surface area contributed by atoms with Crippen molar-refractivity contribution < 1.29 is 13.2 Å². The second kappa shape index (κ2) is 6.07. The minimum atomic E-state index is -3.06. The number of nitrogens with zero attached hydrogens (tertiary/aromatic N) is 2. The van der Waals surface area contributed by atoms with Crippen LogP contribution in [0.5, 0.6) is 0 Å². The van der Waals surface area contributed by atoms with Gasteiger partial charge < -0.3 is 0 Å². The number of carbonyl (C=O) groups is 1. The second-order valence-electron chi connectivity index (χ2n) is 4.15. The number of rotatable bonds is 6. The third kappa shape index (κ3) is 3.47. The average molecular weight is 333 g/mol. The number of aromatic nitrogens is 2. The zero-order chi connectivity index (χ0) is 14.8. The van der Waals surface area contributed by atoms with Gasteiger partial charge >= 0.3 is 0 Å². The summed E-state index contributed by atoms with van der Waals surface area (Å²) in [5.41, 5.74) is 0.961. The number of hydrogen-bond acceptors (Lipinski definition) is 5. The molecule has 0 fully saturated rings. The first-order chi connectivity index (χ1) is 9.45. The third-order valence-electron chi connectivity index (χ3n) is 2.79. The van der Waals surface area contributed by atoms with Crippen molar-refractivity contribution in [1.29, 1.82) is 0 Å². The van der Waals surface area contributed by atoms with E-state index in [1.165, 1.54) is 16.0 Å². The number of thiophene rings is 1. The highest BCUT2D eigenvalue weighted by molar-refractivity contribution is 7.91. The molecule has 2 heterocycles. The Morgan fingerprint density at radius 1 is 1.45 bits per heavy atom. The van der Waals surface area contributed by atoms with E-state index in [1.807, 2.05) is 0 Å². The Morgan fingerprint density at radius 3 is 2.75 bits per heavy atom. The van der Waals surface area contributed by atoms with E-state index in [9.17, 15) is 13.2 Å². The molecule has 0 aliphatic heterocycles. The fraction of sp³-hybridized carbons (Fsp3) is 0.333. The van der Waals surface area contributed by atoms with E-state index in [0.29, 0.717) is 21.9 Å². The molecule has 2 aromatic heterocycles. The van der Waals surface area contributed by atoms with Gasteiger partial charge in [0.15, 0.2) is 16.1 Å². The fourth-order valence-corrected chi connectivity index (χ4v) is 3.45. The van der Waals surface area contributed by atoms with Gasteiger partial charge in [-0.2, -0.15) is 5.10 Å². The molecule has 0 radical (unpaired) electrons. The zero-order valence-electron chi connectivity index (χ0n) is 10.7. The Kier molecular flexibility index (Phi) is 4.62. The SMILES string of the molecule is CCS(=O)(=O)CCn1cc(C=O)c(-c2ccc(Cl)s2)n1. The van der Waals surface area contributed by atoms with Gasteiger partial charge in [0.25, 0.3) is 0 Å². The van der Waals surface area contributed by atoms with Crippen molar-refractivity contribution in [3.05, 3.63) is 28.2 Å². The van der Waals surface area contributed by atoms with Crippen LogP contribution in [0.4, 0.5) is 0 Å². The van der Waals surface area contributed by atoms with E-state index in [-0.39, 0.29) is 18.1 Å². The van der Waals surface area contributed by atoms with E-state index in [1.54, 1.807) is 25.3 Å². The van der Waals surface area contributed by atoms with Crippen molar-refractivity contribution in [1.82, 2.24) is 9.78 Å². The first-order valence-corrected chi connectivity index (χ1v) is 8.95. The monoisotopic (exact) mass is 332 g/mol. The molecule has 0 bridgehead atoms. The maximum absolute atomic E-state index is 11.5. The van der Waals surface area contributed by atoms with Gasteiger partial charge in [0.2, 0.25) is 0 Å². The van der Waals surface area contributed by atoms with E-state index in [0.717, 1.165) is 4.88 Å². The summed E-state index contributed by atoms with van der Waals surface area (Å²) in [5, 5.41) is 4.27. The van der Waals surface area contributed by atoms with Gasteiger partial charge in [-0.15, -0.1) is 11.3 Å². The molecule has 0 aromatic carbocycles. The Hall–Kier alpha value is -1.18. The van der Waals surface area contributed by atoms with Crippen LogP contribution in [0.15, 0.2) is 18.3 Å². The minimum absolute atomic E-state index is 0.00805. The average Bonchev–Trinajstić information content (AvgIpc) is 3.02. The molecule has 0 spiro atoms. The van der Waals surface area contributed by atoms with Crippen LogP contribution in [0, 0.1) is 0 Å². The van der Waals surface area contributed by atoms with E-state index >= 15 is 0 Å². The molecule has 0 saturated carbocycles. The standard InChI is InChI=1S/C12H13ClN2O3S2/c1-2-20(17,18)6-5-15-7-9(8-16)12(14-15)10-3-4-11(13)19-10/h3-4,7-8H,2,5-6H2,1H3. The lowest BCUT2D eigenvalue weighted by Crippen LogP contribution is -2.14. The van der Waals surface area contributed by atoms with Gasteiger partial charge in [-0.1, -0.05) is 18.5 Å². The predicted octanol–water partition coefficient (Wildman–Crippen LogP) is 2.51. The summed E-state index contributed by atoms with van der Waals surface area (Å²) in [7, 11) is -3.06. The number of hydrogen-bond donors (Lipinski definition) is 0. The maximum atomic E-state index is 11.5. The highest BCUT2D eigenvalue weighted by Crippen LogP contribution is 2.31. The van der Waals surface area contributed by atoms with Gasteiger partial charge in [0.05, 0.1) is 27.1 Å². The summed E-state index contributed by atoms with van der Waals surface area (Å²) in [6.07, 6.45) is 2.27. The molecule has 0 N–H and O–H groups in total. The molecule has 5 nitrogen and oxygen atoms in total. The lowest BCUT2D eigenvalue weighted by molar-refractivity contribution is 0.112. The quantitative estimate of drug-likeness (QED) is 0.762. The molecule has 108 valence electrons. The van der Waals surface area contributed by atoms with Gasteiger partial charge in [-0.05, 0) is 12.1 Å². The fourth-order valence-electron chi connectivity index (χ4n) is 1.65. The molecule has 2 aromatic rings. The molecule has 0 amide bonds. The number of aryl methyl sites for hydroxylation is 1. The molecule has 2 rings (SSSR count). The molecular formula is C12H13ClN2O3S2. The molecule has 0 aliphatic rings. The van der Waals surface area contributed by atoms with E-state index in [4.69, 9.17) is 11.6 Å². The van der Waals surface area contributed by atoms with Crippen LogP contribution in [-0.2, 0) is 16.4 Å². The Morgan fingerprint density at radius 2 is 2.20 bits per heavy atom. The molecule has 0 aliphatic carbocycles. The van der Waals surface area contributed by atoms with Crippen molar-refractivity contribution in [2.24, 2.45) is 0 Å². The van der Waals surface area contributed by atoms with Gasteiger partial charge in [-0.3, -0.25) is 9.48 Å². The second-order valence-corrected chi connectivity index (χ2v) is 8.34. The summed E-state index contributed by atoms with van der Waals surface area (Å²) in [6.45, 7) is 1.84. The Bertz CT molecular complexity index is 719. The topological polar surface area (TPSA) is 69.0 Å². The Labute approximate surface area is 126 Å². The summed E-state index contributed by atoms with van der Waals surface area (Å²) < 4.78 is 25.1. The van der Waals surface area contributed by atoms with Crippen molar-refractivity contribution in [2.75, 3.05) is 11.5 Å². The molecule has 0 saturated heterocycles. The van der Waals surface area contributed by atoms with Gasteiger partial charge in [-0.25, -0.2) is 8.42 Å². The van der Waals surface area contributed by atoms with Gasteiger partial charge in [0.1, 0.15) is 5.69 Å². The van der Waals surface area contributed by atoms with Crippen molar-refractivity contribution in [3.63, 3.8) is 0 Å². The van der Waals surface area contributed by atoms with Crippen molar-refractivity contribution in [3.8, 4) is 10.6 Å². The molecule has 0 atom stereocenters. The molecule has 8 heteroatoms. The molecule has 0 unspecified atom stereocenters. The summed E-state index contributed by atoms with van der Waals surface area (Å²) in [4.78, 5) is 11.9. The maximum Gasteiger partial charge on any atom is 0.153 e. The van der Waals surface area contributed by atoms with Gasteiger partial charge in [0, 0.05) is 11.9 Å². The third-order valence-corrected chi connectivity index (χ3v) is 5.72. The summed E-state index contributed by atoms with van der Waals surface area (Å²) >= 11 is 7.19. The minimum Gasteiger partial charge on any atom is -0.298 e. The van der Waals surface area contributed by atoms with Crippen LogP contribution in [0.25, 0.3) is 10.6 Å². The highest BCUT2D eigenvalue weighted by atomic mass is 35.5. The summed E-state index contributed by atoms with van der Waals surface area (Å²) in [6, 6.07) is 3.52. The van der Waals surface area contributed by atoms with Crippen molar-refractivity contribution in [2.45, 2.75) is 13.5 Å². The van der Waals surface area contributed by atoms with Crippen LogP contribution in [0.3, 0.4) is 0 Å². The van der Waals surface area contributed by atoms with Crippen molar-refractivity contribution >= 4 is 39.1 Å². The first-order valence-electron chi connectivity index (χ1n) is 5.94. The number of aldehydes is 1. The number of sulfone groups is 1. The van der Waals surface area contributed by atoms with E-state index < -0.39 is 9.84 Å². The van der Waals surface area contributed by atoms with Crippen LogP contribution in [0.2, 0.25) is 4.34 Å². The number of carbonyl (C=O) groups excluding carboxylic acids is 1. The van der Waals surface area contributed by atoms with Crippen LogP contribution < -0.4 is 0 Å². The number of halogens is 1. The largest absolute Gasteiger partial charge is 0.298 e. The highest BCUT2D eigenvalue weighted by Gasteiger charge is 2.14. The summed E-state index contributed by atoms with van der Waals surface area (Å²) in [5.74, 6) is 0.107. The first kappa shape index (κ1) is 15.2. The normalized spacial score (nSPS) is 11.7. The Balaban J connectivity index is 2.25. The predicted molar refractivity (Wildman–Crippen MR) is 80.3 cm³/mol. The van der Waals surface area contributed by atoms with Crippen LogP contribution in [-0.4, -0.2) is 36.0 Å². The molecular weight excluding hydrogens is 320 g/mol.